The molecule has 1 N–H and O–H groups in total. The Morgan fingerprint density at radius 1 is 1.15 bits per heavy atom. The number of amides is 1. The normalized spacial score (nSPS) is 16.2. The van der Waals surface area contributed by atoms with Crippen molar-refractivity contribution in [3.63, 3.8) is 0 Å². The minimum absolute atomic E-state index is 0.118. The minimum atomic E-state index is -4.78. The van der Waals surface area contributed by atoms with Crippen molar-refractivity contribution in [1.29, 1.82) is 0 Å². The maximum absolute atomic E-state index is 12.6. The third-order valence-electron chi connectivity index (χ3n) is 3.37. The van der Waals surface area contributed by atoms with Crippen molar-refractivity contribution in [2.45, 2.75) is 6.36 Å². The maximum Gasteiger partial charge on any atom is 0.573 e. The number of thiocarbonyl (C=S) groups is 1. The number of carbonyl (C=O) groups excluding carboxylic acids is 1. The Kier molecular flexibility index (Phi) is 4.88. The zero-order valence-corrected chi connectivity index (χ0v) is 14.5. The highest BCUT2D eigenvalue weighted by atomic mass is 35.5. The van der Waals surface area contributed by atoms with E-state index in [1.165, 1.54) is 17.0 Å². The first kappa shape index (κ1) is 18.2. The molecule has 0 radical (unpaired) electrons. The van der Waals surface area contributed by atoms with Gasteiger partial charge in [0.05, 0.1) is 5.69 Å². The van der Waals surface area contributed by atoms with Crippen LogP contribution in [-0.2, 0) is 4.79 Å². The molecule has 4 nitrogen and oxygen atoms in total. The van der Waals surface area contributed by atoms with E-state index in [2.05, 4.69) is 10.1 Å². The molecule has 134 valence electrons. The first-order valence-electron chi connectivity index (χ1n) is 7.21. The number of benzene rings is 2. The second kappa shape index (κ2) is 6.97. The van der Waals surface area contributed by atoms with Gasteiger partial charge in [0.15, 0.2) is 5.11 Å². The topological polar surface area (TPSA) is 41.6 Å². The van der Waals surface area contributed by atoms with Gasteiger partial charge in [-0.25, -0.2) is 0 Å². The van der Waals surface area contributed by atoms with E-state index in [1.807, 2.05) is 0 Å². The standard InChI is InChI=1S/C17H10ClF3N2O2S/c18-11-3-1-2-10(8-11)9-14-15(24)23(16(26)22-14)12-4-6-13(7-5-12)25-17(19,20)21/h1-9H,(H,22,26)/b14-9-. The number of rotatable bonds is 3. The number of nitrogens with one attached hydrogen (secondary N) is 1. The molecule has 0 unspecified atom stereocenters. The van der Waals surface area contributed by atoms with Crippen molar-refractivity contribution in [1.82, 2.24) is 5.32 Å². The smallest absolute Gasteiger partial charge is 0.406 e. The van der Waals surface area contributed by atoms with E-state index in [-0.39, 0.29) is 16.6 Å². The number of alkyl halides is 3. The molecular formula is C17H10ClF3N2O2S. The number of halogens is 4. The summed E-state index contributed by atoms with van der Waals surface area (Å²) in [6.07, 6.45) is -3.20. The second-order valence-corrected chi connectivity index (χ2v) is 6.05. The third-order valence-corrected chi connectivity index (χ3v) is 3.89. The highest BCUT2D eigenvalue weighted by molar-refractivity contribution is 7.80. The van der Waals surface area contributed by atoms with Crippen molar-refractivity contribution in [2.24, 2.45) is 0 Å². The van der Waals surface area contributed by atoms with Crippen molar-refractivity contribution >= 4 is 46.6 Å². The van der Waals surface area contributed by atoms with Crippen LogP contribution in [0.3, 0.4) is 0 Å². The molecule has 0 spiro atoms. The predicted molar refractivity (Wildman–Crippen MR) is 95.8 cm³/mol. The lowest BCUT2D eigenvalue weighted by Crippen LogP contribution is -2.30. The van der Waals surface area contributed by atoms with Crippen LogP contribution in [0, 0.1) is 0 Å². The average molecular weight is 399 g/mol. The summed E-state index contributed by atoms with van der Waals surface area (Å²) < 4.78 is 40.5. The van der Waals surface area contributed by atoms with Crippen LogP contribution in [-0.4, -0.2) is 17.4 Å². The highest BCUT2D eigenvalue weighted by Gasteiger charge is 2.33. The molecule has 9 heteroatoms. The summed E-state index contributed by atoms with van der Waals surface area (Å²) in [6, 6.07) is 11.7. The quantitative estimate of drug-likeness (QED) is 0.610. The molecule has 0 aromatic heterocycles. The van der Waals surface area contributed by atoms with Gasteiger partial charge in [-0.05, 0) is 60.3 Å². The fourth-order valence-corrected chi connectivity index (χ4v) is 2.83. The van der Waals surface area contributed by atoms with Gasteiger partial charge >= 0.3 is 6.36 Å². The van der Waals surface area contributed by atoms with Gasteiger partial charge in [0.25, 0.3) is 5.91 Å². The van der Waals surface area contributed by atoms with Gasteiger partial charge in [-0.1, -0.05) is 23.7 Å². The molecule has 3 rings (SSSR count). The van der Waals surface area contributed by atoms with E-state index in [0.717, 1.165) is 12.1 Å². The van der Waals surface area contributed by atoms with Crippen LogP contribution >= 0.6 is 23.8 Å². The molecule has 1 aliphatic rings. The van der Waals surface area contributed by atoms with Crippen LogP contribution in [0.1, 0.15) is 5.56 Å². The van der Waals surface area contributed by atoms with Gasteiger partial charge in [0.1, 0.15) is 11.4 Å². The SMILES string of the molecule is O=C1/C(=C/c2cccc(Cl)c2)NC(=S)N1c1ccc(OC(F)(F)F)cc1. The highest BCUT2D eigenvalue weighted by Crippen LogP contribution is 2.28. The first-order valence-corrected chi connectivity index (χ1v) is 8.00. The molecule has 0 aliphatic carbocycles. The monoisotopic (exact) mass is 398 g/mol. The number of hydrogen-bond acceptors (Lipinski definition) is 3. The Morgan fingerprint density at radius 2 is 1.85 bits per heavy atom. The van der Waals surface area contributed by atoms with Crippen molar-refractivity contribution < 1.29 is 22.7 Å². The molecule has 1 amide bonds. The largest absolute Gasteiger partial charge is 0.573 e. The van der Waals surface area contributed by atoms with Crippen LogP contribution in [0.15, 0.2) is 54.2 Å². The van der Waals surface area contributed by atoms with Gasteiger partial charge in [-0.15, -0.1) is 13.2 Å². The predicted octanol–water partition coefficient (Wildman–Crippen LogP) is 4.50. The molecule has 26 heavy (non-hydrogen) atoms. The molecule has 0 saturated carbocycles. The molecule has 1 aliphatic heterocycles. The van der Waals surface area contributed by atoms with Gasteiger partial charge in [0.2, 0.25) is 0 Å². The van der Waals surface area contributed by atoms with E-state index in [9.17, 15) is 18.0 Å². The maximum atomic E-state index is 12.6. The molecule has 0 bridgehead atoms. The number of ether oxygens (including phenoxy) is 1. The molecule has 1 heterocycles. The molecule has 2 aromatic carbocycles. The summed E-state index contributed by atoms with van der Waals surface area (Å²) in [5.41, 5.74) is 1.25. The third kappa shape index (κ3) is 4.14. The van der Waals surface area contributed by atoms with E-state index < -0.39 is 12.3 Å². The summed E-state index contributed by atoms with van der Waals surface area (Å²) in [5, 5.41) is 3.42. The summed E-state index contributed by atoms with van der Waals surface area (Å²) in [6.45, 7) is 0. The van der Waals surface area contributed by atoms with Crippen LogP contribution in [0.25, 0.3) is 6.08 Å². The summed E-state index contributed by atoms with van der Waals surface area (Å²) >= 11 is 11.1. The van der Waals surface area contributed by atoms with Crippen LogP contribution in [0.4, 0.5) is 18.9 Å². The number of nitrogens with zero attached hydrogens (tertiary/aromatic N) is 1. The lowest BCUT2D eigenvalue weighted by Gasteiger charge is -2.15. The Balaban J connectivity index is 1.83. The van der Waals surface area contributed by atoms with Crippen LogP contribution in [0.2, 0.25) is 5.02 Å². The van der Waals surface area contributed by atoms with Crippen LogP contribution in [0.5, 0.6) is 5.75 Å². The lowest BCUT2D eigenvalue weighted by atomic mass is 10.2. The molecule has 0 atom stereocenters. The molecular weight excluding hydrogens is 389 g/mol. The van der Waals surface area contributed by atoms with Gasteiger partial charge < -0.3 is 10.1 Å². The van der Waals surface area contributed by atoms with E-state index >= 15 is 0 Å². The minimum Gasteiger partial charge on any atom is -0.406 e. The zero-order chi connectivity index (χ0) is 18.9. The fraction of sp³-hybridized carbons (Fsp3) is 0.0588. The average Bonchev–Trinajstić information content (AvgIpc) is 2.81. The van der Waals surface area contributed by atoms with Crippen LogP contribution < -0.4 is 15.0 Å². The Morgan fingerprint density at radius 3 is 2.46 bits per heavy atom. The van der Waals surface area contributed by atoms with E-state index in [1.54, 1.807) is 30.3 Å². The van der Waals surface area contributed by atoms with Gasteiger partial charge in [-0.3, -0.25) is 9.69 Å². The molecule has 1 fully saturated rings. The Hall–Kier alpha value is -2.58. The number of carbonyl (C=O) groups is 1. The summed E-state index contributed by atoms with van der Waals surface area (Å²) in [5.74, 6) is -0.819. The van der Waals surface area contributed by atoms with Crippen molar-refractivity contribution in [3.8, 4) is 5.75 Å². The second-order valence-electron chi connectivity index (χ2n) is 5.23. The first-order chi connectivity index (χ1) is 12.2. The van der Waals surface area contributed by atoms with Crippen molar-refractivity contribution in [2.75, 3.05) is 4.90 Å². The Bertz CT molecular complexity index is 898. The Labute approximate surface area is 156 Å². The number of anilines is 1. The summed E-state index contributed by atoms with van der Waals surface area (Å²) in [7, 11) is 0. The van der Waals surface area contributed by atoms with Gasteiger partial charge in [-0.2, -0.15) is 0 Å². The summed E-state index contributed by atoms with van der Waals surface area (Å²) in [4.78, 5) is 13.8. The zero-order valence-electron chi connectivity index (χ0n) is 12.9. The fourth-order valence-electron chi connectivity index (χ4n) is 2.33. The molecule has 1 saturated heterocycles. The van der Waals surface area contributed by atoms with E-state index in [4.69, 9.17) is 23.8 Å². The molecule has 2 aromatic rings. The van der Waals surface area contributed by atoms with Gasteiger partial charge in [0, 0.05) is 5.02 Å². The van der Waals surface area contributed by atoms with E-state index in [0.29, 0.717) is 16.3 Å². The number of hydrogen-bond donors (Lipinski definition) is 1. The van der Waals surface area contributed by atoms with Crippen molar-refractivity contribution in [3.05, 3.63) is 64.8 Å². The lowest BCUT2D eigenvalue weighted by molar-refractivity contribution is -0.274.